The van der Waals surface area contributed by atoms with Gasteiger partial charge in [-0.25, -0.2) is 8.42 Å². The maximum atomic E-state index is 13.1. The summed E-state index contributed by atoms with van der Waals surface area (Å²) in [6, 6.07) is 21.9. The second kappa shape index (κ2) is 10.4. The first-order chi connectivity index (χ1) is 15.3. The second-order valence-corrected chi connectivity index (χ2v) is 9.52. The number of carbonyl (C=O) groups is 1. The summed E-state index contributed by atoms with van der Waals surface area (Å²) in [6.07, 6.45) is 0.214. The van der Waals surface area contributed by atoms with E-state index in [1.807, 2.05) is 54.6 Å². The molecule has 32 heavy (non-hydrogen) atoms. The predicted molar refractivity (Wildman–Crippen MR) is 126 cm³/mol. The van der Waals surface area contributed by atoms with Gasteiger partial charge in [-0.15, -0.1) is 0 Å². The third kappa shape index (κ3) is 6.18. The lowest BCUT2D eigenvalue weighted by molar-refractivity contribution is -0.117. The first kappa shape index (κ1) is 23.5. The maximum absolute atomic E-state index is 13.1. The van der Waals surface area contributed by atoms with Crippen LogP contribution in [-0.2, 0) is 21.2 Å². The van der Waals surface area contributed by atoms with Crippen LogP contribution in [0.25, 0.3) is 0 Å². The highest BCUT2D eigenvalue weighted by Crippen LogP contribution is 2.19. The number of amides is 1. The smallest absolute Gasteiger partial charge is 0.242 e. The van der Waals surface area contributed by atoms with Crippen molar-refractivity contribution in [3.8, 4) is 5.75 Å². The molecule has 3 aromatic rings. The monoisotopic (exact) mass is 452 g/mol. The Labute approximate surface area is 189 Å². The lowest BCUT2D eigenvalue weighted by Gasteiger charge is -2.19. The fraction of sp³-hybridized carbons (Fsp3) is 0.240. The summed E-state index contributed by atoms with van der Waals surface area (Å²) >= 11 is 0. The van der Waals surface area contributed by atoms with Crippen LogP contribution < -0.4 is 14.8 Å². The topological polar surface area (TPSA) is 84.5 Å². The number of rotatable bonds is 9. The fourth-order valence-corrected chi connectivity index (χ4v) is 4.42. The van der Waals surface area contributed by atoms with Crippen LogP contribution in [0.15, 0.2) is 83.8 Å². The van der Waals surface area contributed by atoms with Crippen LogP contribution in [0.5, 0.6) is 5.75 Å². The van der Waals surface area contributed by atoms with Gasteiger partial charge in [0.15, 0.2) is 0 Å². The van der Waals surface area contributed by atoms with Gasteiger partial charge >= 0.3 is 0 Å². The Morgan fingerprint density at radius 1 is 0.906 bits per heavy atom. The molecule has 0 saturated heterocycles. The zero-order valence-electron chi connectivity index (χ0n) is 18.4. The van der Waals surface area contributed by atoms with Crippen LogP contribution in [0, 0.1) is 0 Å². The molecule has 0 fully saturated rings. The van der Waals surface area contributed by atoms with Gasteiger partial charge < -0.3 is 10.1 Å². The van der Waals surface area contributed by atoms with Gasteiger partial charge in [0.2, 0.25) is 15.9 Å². The standard InChI is InChI=1S/C25H28N2O4S/c1-18(2)20-9-11-21(12-10-20)26-25(28)24(17-19-7-5-4-6-8-19)27-32(29,30)23-15-13-22(31-3)14-16-23/h4-16,18,24,27H,17H2,1-3H3,(H,26,28). The van der Waals surface area contributed by atoms with Crippen molar-refractivity contribution in [3.05, 3.63) is 90.0 Å². The Bertz CT molecular complexity index is 1130. The molecule has 0 aromatic heterocycles. The summed E-state index contributed by atoms with van der Waals surface area (Å²) in [6.45, 7) is 4.19. The van der Waals surface area contributed by atoms with E-state index >= 15 is 0 Å². The maximum Gasteiger partial charge on any atom is 0.242 e. The highest BCUT2D eigenvalue weighted by atomic mass is 32.2. The number of anilines is 1. The molecule has 3 aromatic carbocycles. The molecule has 6 nitrogen and oxygen atoms in total. The highest BCUT2D eigenvalue weighted by Gasteiger charge is 2.26. The number of methoxy groups -OCH3 is 1. The lowest BCUT2D eigenvalue weighted by atomic mass is 10.0. The minimum Gasteiger partial charge on any atom is -0.497 e. The van der Waals surface area contributed by atoms with Crippen LogP contribution in [0.3, 0.4) is 0 Å². The molecule has 168 valence electrons. The van der Waals surface area contributed by atoms with E-state index < -0.39 is 22.0 Å². The van der Waals surface area contributed by atoms with Crippen molar-refractivity contribution in [3.63, 3.8) is 0 Å². The van der Waals surface area contributed by atoms with Gasteiger partial charge in [0, 0.05) is 5.69 Å². The minimum atomic E-state index is -3.93. The van der Waals surface area contributed by atoms with E-state index in [-0.39, 0.29) is 11.3 Å². The van der Waals surface area contributed by atoms with E-state index in [2.05, 4.69) is 23.9 Å². The SMILES string of the molecule is COc1ccc(S(=O)(=O)NC(Cc2ccccc2)C(=O)Nc2ccc(C(C)C)cc2)cc1. The molecule has 0 radical (unpaired) electrons. The van der Waals surface area contributed by atoms with E-state index in [0.717, 1.165) is 11.1 Å². The molecule has 0 bridgehead atoms. The van der Waals surface area contributed by atoms with Crippen molar-refractivity contribution in [2.45, 2.75) is 37.1 Å². The molecule has 0 heterocycles. The fourth-order valence-electron chi connectivity index (χ4n) is 3.23. The van der Waals surface area contributed by atoms with Crippen molar-refractivity contribution in [1.82, 2.24) is 4.72 Å². The molecule has 7 heteroatoms. The predicted octanol–water partition coefficient (Wildman–Crippen LogP) is 4.35. The summed E-state index contributed by atoms with van der Waals surface area (Å²) in [5, 5.41) is 2.83. The number of nitrogens with one attached hydrogen (secondary N) is 2. The van der Waals surface area contributed by atoms with Gasteiger partial charge in [0.1, 0.15) is 11.8 Å². The van der Waals surface area contributed by atoms with Gasteiger partial charge in [0.05, 0.1) is 12.0 Å². The van der Waals surface area contributed by atoms with Crippen LogP contribution >= 0.6 is 0 Å². The Balaban J connectivity index is 1.82. The average molecular weight is 453 g/mol. The number of hydrogen-bond donors (Lipinski definition) is 2. The van der Waals surface area contributed by atoms with Gasteiger partial charge in [-0.2, -0.15) is 4.72 Å². The number of benzene rings is 3. The summed E-state index contributed by atoms with van der Waals surface area (Å²) in [7, 11) is -2.42. The molecule has 0 saturated carbocycles. The Morgan fingerprint density at radius 3 is 2.09 bits per heavy atom. The van der Waals surface area contributed by atoms with Crippen LogP contribution in [0.2, 0.25) is 0 Å². The van der Waals surface area contributed by atoms with Crippen molar-refractivity contribution in [2.75, 3.05) is 12.4 Å². The van der Waals surface area contributed by atoms with Crippen molar-refractivity contribution >= 4 is 21.6 Å². The number of carbonyl (C=O) groups excluding carboxylic acids is 1. The zero-order valence-corrected chi connectivity index (χ0v) is 19.2. The first-order valence-electron chi connectivity index (χ1n) is 10.4. The van der Waals surface area contributed by atoms with E-state index in [4.69, 9.17) is 4.74 Å². The van der Waals surface area contributed by atoms with Crippen LogP contribution in [0.4, 0.5) is 5.69 Å². The minimum absolute atomic E-state index is 0.0606. The normalized spacial score (nSPS) is 12.4. The number of ether oxygens (including phenoxy) is 1. The molecule has 1 unspecified atom stereocenters. The summed E-state index contributed by atoms with van der Waals surface area (Å²) in [5.41, 5.74) is 2.62. The van der Waals surface area contributed by atoms with Gasteiger partial charge in [-0.1, -0.05) is 56.3 Å². The summed E-state index contributed by atoms with van der Waals surface area (Å²) < 4.78 is 33.6. The third-order valence-corrected chi connectivity index (χ3v) is 6.60. The van der Waals surface area contributed by atoms with Gasteiger partial charge in [0.25, 0.3) is 0 Å². The zero-order chi connectivity index (χ0) is 23.1. The quantitative estimate of drug-likeness (QED) is 0.506. The molecule has 0 aliphatic rings. The number of hydrogen-bond acceptors (Lipinski definition) is 4. The molecule has 2 N–H and O–H groups in total. The summed E-state index contributed by atoms with van der Waals surface area (Å²) in [5.74, 6) is 0.498. The lowest BCUT2D eigenvalue weighted by Crippen LogP contribution is -2.45. The Kier molecular flexibility index (Phi) is 7.66. The third-order valence-electron chi connectivity index (χ3n) is 5.11. The van der Waals surface area contributed by atoms with Crippen LogP contribution in [-0.4, -0.2) is 27.5 Å². The van der Waals surface area contributed by atoms with E-state index in [9.17, 15) is 13.2 Å². The molecule has 3 rings (SSSR count). The van der Waals surface area contributed by atoms with Gasteiger partial charge in [-0.05, 0) is 59.9 Å². The van der Waals surface area contributed by atoms with Gasteiger partial charge in [-0.3, -0.25) is 4.79 Å². The van der Waals surface area contributed by atoms with Crippen molar-refractivity contribution in [1.29, 1.82) is 0 Å². The van der Waals surface area contributed by atoms with Crippen molar-refractivity contribution < 1.29 is 17.9 Å². The van der Waals surface area contributed by atoms with E-state index in [1.165, 1.54) is 19.2 Å². The Morgan fingerprint density at radius 2 is 1.53 bits per heavy atom. The van der Waals surface area contributed by atoms with Crippen molar-refractivity contribution in [2.24, 2.45) is 0 Å². The first-order valence-corrected chi connectivity index (χ1v) is 11.9. The molecular formula is C25H28N2O4S. The molecular weight excluding hydrogens is 424 g/mol. The van der Waals surface area contributed by atoms with E-state index in [1.54, 1.807) is 12.1 Å². The molecule has 0 aliphatic carbocycles. The second-order valence-electron chi connectivity index (χ2n) is 7.81. The van der Waals surface area contributed by atoms with Crippen LogP contribution in [0.1, 0.15) is 30.9 Å². The molecule has 0 aliphatic heterocycles. The molecule has 1 atom stereocenters. The summed E-state index contributed by atoms with van der Waals surface area (Å²) in [4.78, 5) is 13.1. The average Bonchev–Trinajstić information content (AvgIpc) is 2.79. The highest BCUT2D eigenvalue weighted by molar-refractivity contribution is 7.89. The molecule has 0 spiro atoms. The Hall–Kier alpha value is -3.16. The number of sulfonamides is 1. The molecule has 1 amide bonds. The largest absolute Gasteiger partial charge is 0.497 e. The van der Waals surface area contributed by atoms with E-state index in [0.29, 0.717) is 17.4 Å².